The van der Waals surface area contributed by atoms with Gasteiger partial charge in [0.05, 0.1) is 17.6 Å². The smallest absolute Gasteiger partial charge is 0.296 e. The van der Waals surface area contributed by atoms with Crippen molar-refractivity contribution >= 4 is 28.3 Å². The van der Waals surface area contributed by atoms with E-state index in [-0.39, 0.29) is 17.0 Å². The quantitative estimate of drug-likeness (QED) is 0.426. The van der Waals surface area contributed by atoms with E-state index in [0.717, 1.165) is 39.9 Å². The monoisotopic (exact) mass is 451 g/mol. The first-order valence-corrected chi connectivity index (χ1v) is 11.3. The van der Waals surface area contributed by atoms with E-state index in [2.05, 4.69) is 15.4 Å². The van der Waals surface area contributed by atoms with Crippen LogP contribution in [-0.4, -0.2) is 25.1 Å². The van der Waals surface area contributed by atoms with Crippen LogP contribution in [0, 0.1) is 13.8 Å². The minimum Gasteiger partial charge on any atom is -0.319 e. The number of nitrogens with zero attached hydrogens (tertiary/aromatic N) is 4. The molecule has 2 heterocycles. The molecule has 1 N–H and O–H groups in total. The Balaban J connectivity index is 1.65. The molecule has 0 unspecified atom stereocenters. The van der Waals surface area contributed by atoms with Crippen molar-refractivity contribution in [3.05, 3.63) is 105 Å². The normalized spacial score (nSPS) is 11.3. The molecule has 0 spiro atoms. The van der Waals surface area contributed by atoms with Crippen molar-refractivity contribution in [3.8, 4) is 0 Å². The lowest BCUT2D eigenvalue weighted by atomic mass is 10.1. The average molecular weight is 452 g/mol. The Morgan fingerprint density at radius 3 is 2.53 bits per heavy atom. The Kier molecular flexibility index (Phi) is 5.45. The molecule has 0 aliphatic heterocycles. The van der Waals surface area contributed by atoms with Gasteiger partial charge in [0, 0.05) is 5.69 Å². The van der Waals surface area contributed by atoms with Crippen LogP contribution in [0.2, 0.25) is 0 Å². The van der Waals surface area contributed by atoms with E-state index >= 15 is 0 Å². The van der Waals surface area contributed by atoms with Gasteiger partial charge in [-0.2, -0.15) is 4.98 Å². The Hall–Kier alpha value is -4.26. The number of fused-ring (bicyclic) bond motifs is 3. The summed E-state index contributed by atoms with van der Waals surface area (Å²) in [6.07, 6.45) is 0.782. The van der Waals surface area contributed by atoms with Crippen molar-refractivity contribution in [1.82, 2.24) is 19.2 Å². The predicted octanol–water partition coefficient (Wildman–Crippen LogP) is 4.52. The number of benzene rings is 3. The number of anilines is 1. The summed E-state index contributed by atoms with van der Waals surface area (Å²) in [6, 6.07) is 21.5. The van der Waals surface area contributed by atoms with E-state index in [1.54, 1.807) is 4.57 Å². The lowest BCUT2D eigenvalue weighted by Gasteiger charge is -2.12. The van der Waals surface area contributed by atoms with E-state index in [1.807, 2.05) is 87.5 Å². The standard InChI is InChI=1S/C27H25N5O2/c1-4-20-12-8-9-18(3)23(20)28-26(33)24-29-25-27(34)31(16-19-10-6-5-7-11-19)22-15-17(2)13-14-21(22)32(25)30-24/h5-15H,4,16H2,1-3H3,(H,28,33). The molecular weight excluding hydrogens is 426 g/mol. The molecule has 0 saturated heterocycles. The summed E-state index contributed by atoms with van der Waals surface area (Å²) in [6.45, 7) is 6.36. The molecule has 0 fully saturated rings. The van der Waals surface area contributed by atoms with Crippen LogP contribution in [0.1, 0.15) is 39.8 Å². The second kappa shape index (κ2) is 8.59. The fraction of sp³-hybridized carbons (Fsp3) is 0.185. The molecular formula is C27H25N5O2. The fourth-order valence-corrected chi connectivity index (χ4v) is 4.27. The van der Waals surface area contributed by atoms with Crippen LogP contribution >= 0.6 is 0 Å². The second-order valence-corrected chi connectivity index (χ2v) is 8.46. The van der Waals surface area contributed by atoms with E-state index in [4.69, 9.17) is 0 Å². The molecule has 0 radical (unpaired) electrons. The largest absolute Gasteiger partial charge is 0.319 e. The zero-order valence-corrected chi connectivity index (χ0v) is 19.4. The number of amides is 1. The number of nitrogens with one attached hydrogen (secondary N) is 1. The van der Waals surface area contributed by atoms with Gasteiger partial charge in [0.2, 0.25) is 11.5 Å². The SMILES string of the molecule is CCc1cccc(C)c1NC(=O)c1nc2c(=O)n(Cc3ccccc3)c3cc(C)ccc3n2n1. The lowest BCUT2D eigenvalue weighted by Crippen LogP contribution is -2.24. The highest BCUT2D eigenvalue weighted by Gasteiger charge is 2.20. The summed E-state index contributed by atoms with van der Waals surface area (Å²) in [5, 5.41) is 7.39. The summed E-state index contributed by atoms with van der Waals surface area (Å²) in [5.41, 5.74) is 6.06. The molecule has 5 rings (SSSR count). The molecule has 7 nitrogen and oxygen atoms in total. The topological polar surface area (TPSA) is 81.3 Å². The fourth-order valence-electron chi connectivity index (χ4n) is 4.27. The molecule has 34 heavy (non-hydrogen) atoms. The van der Waals surface area contributed by atoms with E-state index in [0.29, 0.717) is 12.1 Å². The van der Waals surface area contributed by atoms with Gasteiger partial charge in [-0.05, 0) is 54.7 Å². The Morgan fingerprint density at radius 2 is 1.76 bits per heavy atom. The maximum atomic E-state index is 13.5. The average Bonchev–Trinajstić information content (AvgIpc) is 3.29. The number of aromatic nitrogens is 4. The number of hydrogen-bond acceptors (Lipinski definition) is 4. The molecule has 5 aromatic rings. The first kappa shape index (κ1) is 21.6. The number of carbonyl (C=O) groups excluding carboxylic acids is 1. The molecule has 0 aliphatic rings. The molecule has 0 atom stereocenters. The highest BCUT2D eigenvalue weighted by atomic mass is 16.2. The van der Waals surface area contributed by atoms with Crippen molar-refractivity contribution in [2.24, 2.45) is 0 Å². The van der Waals surface area contributed by atoms with Crippen molar-refractivity contribution in [2.75, 3.05) is 5.32 Å². The molecule has 0 bridgehead atoms. The highest BCUT2D eigenvalue weighted by molar-refractivity contribution is 6.03. The lowest BCUT2D eigenvalue weighted by molar-refractivity contribution is 0.101. The maximum absolute atomic E-state index is 13.5. The third kappa shape index (κ3) is 3.75. The predicted molar refractivity (Wildman–Crippen MR) is 134 cm³/mol. The second-order valence-electron chi connectivity index (χ2n) is 8.46. The van der Waals surface area contributed by atoms with Crippen LogP contribution in [0.15, 0.2) is 71.5 Å². The summed E-state index contributed by atoms with van der Waals surface area (Å²) in [7, 11) is 0. The molecule has 0 aliphatic carbocycles. The first-order chi connectivity index (χ1) is 16.5. The molecule has 7 heteroatoms. The van der Waals surface area contributed by atoms with Crippen molar-refractivity contribution in [3.63, 3.8) is 0 Å². The number of para-hydroxylation sites is 1. The summed E-state index contributed by atoms with van der Waals surface area (Å²) >= 11 is 0. The molecule has 2 aromatic heterocycles. The Labute approximate surface area is 196 Å². The number of rotatable bonds is 5. The Morgan fingerprint density at radius 1 is 0.971 bits per heavy atom. The summed E-state index contributed by atoms with van der Waals surface area (Å²) < 4.78 is 3.17. The van der Waals surface area contributed by atoms with Gasteiger partial charge in [0.1, 0.15) is 0 Å². The van der Waals surface area contributed by atoms with Crippen LogP contribution in [0.5, 0.6) is 0 Å². The highest BCUT2D eigenvalue weighted by Crippen LogP contribution is 2.22. The maximum Gasteiger partial charge on any atom is 0.296 e. The van der Waals surface area contributed by atoms with Gasteiger partial charge in [-0.15, -0.1) is 5.10 Å². The zero-order chi connectivity index (χ0) is 23.8. The van der Waals surface area contributed by atoms with Crippen LogP contribution in [0.3, 0.4) is 0 Å². The third-order valence-electron chi connectivity index (χ3n) is 6.06. The van der Waals surface area contributed by atoms with Crippen molar-refractivity contribution in [1.29, 1.82) is 0 Å². The van der Waals surface area contributed by atoms with Gasteiger partial charge < -0.3 is 5.32 Å². The van der Waals surface area contributed by atoms with Gasteiger partial charge in [-0.25, -0.2) is 4.52 Å². The van der Waals surface area contributed by atoms with Crippen LogP contribution in [-0.2, 0) is 13.0 Å². The van der Waals surface area contributed by atoms with Crippen LogP contribution < -0.4 is 10.9 Å². The van der Waals surface area contributed by atoms with Gasteiger partial charge in [0.15, 0.2) is 0 Å². The number of hydrogen-bond donors (Lipinski definition) is 1. The van der Waals surface area contributed by atoms with Gasteiger partial charge in [-0.1, -0.05) is 61.5 Å². The molecule has 3 aromatic carbocycles. The number of carbonyl (C=O) groups is 1. The van der Waals surface area contributed by atoms with Crippen LogP contribution in [0.25, 0.3) is 16.7 Å². The Bertz CT molecular complexity index is 1600. The van der Waals surface area contributed by atoms with Crippen LogP contribution in [0.4, 0.5) is 5.69 Å². The minimum atomic E-state index is -0.443. The molecule has 1 amide bonds. The van der Waals surface area contributed by atoms with E-state index < -0.39 is 5.91 Å². The zero-order valence-electron chi connectivity index (χ0n) is 19.4. The summed E-state index contributed by atoms with van der Waals surface area (Å²) in [5.74, 6) is -0.483. The van der Waals surface area contributed by atoms with Gasteiger partial charge in [0.25, 0.3) is 11.5 Å². The first-order valence-electron chi connectivity index (χ1n) is 11.3. The van der Waals surface area contributed by atoms with E-state index in [9.17, 15) is 9.59 Å². The van der Waals surface area contributed by atoms with Crippen molar-refractivity contribution in [2.45, 2.75) is 33.7 Å². The number of aryl methyl sites for hydroxylation is 3. The molecule has 170 valence electrons. The van der Waals surface area contributed by atoms with E-state index in [1.165, 1.54) is 4.52 Å². The van der Waals surface area contributed by atoms with Gasteiger partial charge >= 0.3 is 0 Å². The minimum absolute atomic E-state index is 0.0401. The summed E-state index contributed by atoms with van der Waals surface area (Å²) in [4.78, 5) is 31.0. The van der Waals surface area contributed by atoms with Crippen molar-refractivity contribution < 1.29 is 4.79 Å². The molecule has 0 saturated carbocycles. The van der Waals surface area contributed by atoms with Gasteiger partial charge in [-0.3, -0.25) is 14.2 Å². The third-order valence-corrected chi connectivity index (χ3v) is 6.06.